The van der Waals surface area contributed by atoms with Crippen LogP contribution < -0.4 is 19.5 Å². The minimum atomic E-state index is -0.581. The maximum atomic E-state index is 12.3. The summed E-state index contributed by atoms with van der Waals surface area (Å²) in [6.07, 6.45) is 0. The van der Waals surface area contributed by atoms with Gasteiger partial charge in [-0.3, -0.25) is 14.9 Å². The van der Waals surface area contributed by atoms with Crippen LogP contribution in [0.4, 0.5) is 5.69 Å². The van der Waals surface area contributed by atoms with Crippen molar-refractivity contribution in [2.75, 3.05) is 21.3 Å². The van der Waals surface area contributed by atoms with Crippen molar-refractivity contribution in [3.05, 3.63) is 56.6 Å². The van der Waals surface area contributed by atoms with Gasteiger partial charge in [0, 0.05) is 30.3 Å². The molecule has 0 bridgehead atoms. The lowest BCUT2D eigenvalue weighted by atomic mass is 10.1. The zero-order valence-corrected chi connectivity index (χ0v) is 15.1. The first-order chi connectivity index (χ1) is 12.4. The van der Waals surface area contributed by atoms with Gasteiger partial charge in [-0.2, -0.15) is 0 Å². The Bertz CT molecular complexity index is 840. The highest BCUT2D eigenvalue weighted by Gasteiger charge is 2.17. The van der Waals surface area contributed by atoms with Crippen LogP contribution in [0.1, 0.15) is 15.9 Å². The third-order valence-electron chi connectivity index (χ3n) is 3.63. The van der Waals surface area contributed by atoms with Crippen molar-refractivity contribution in [2.24, 2.45) is 0 Å². The lowest BCUT2D eigenvalue weighted by molar-refractivity contribution is -0.384. The second kappa shape index (κ2) is 8.39. The highest BCUT2D eigenvalue weighted by Crippen LogP contribution is 2.34. The van der Waals surface area contributed by atoms with Crippen LogP contribution in [0.15, 0.2) is 30.3 Å². The molecular weight excluding hydrogens is 364 g/mol. The fourth-order valence-corrected chi connectivity index (χ4v) is 2.56. The number of nitro benzene ring substituents is 1. The minimum Gasteiger partial charge on any atom is -0.496 e. The molecule has 0 aliphatic carbocycles. The van der Waals surface area contributed by atoms with Crippen molar-refractivity contribution in [1.82, 2.24) is 5.32 Å². The maximum absolute atomic E-state index is 12.3. The first kappa shape index (κ1) is 19.3. The summed E-state index contributed by atoms with van der Waals surface area (Å²) in [7, 11) is 4.51. The van der Waals surface area contributed by atoms with Gasteiger partial charge in [-0.25, -0.2) is 0 Å². The Morgan fingerprint density at radius 3 is 2.23 bits per heavy atom. The second-order valence-electron chi connectivity index (χ2n) is 5.12. The Balaban J connectivity index is 2.20. The number of carbonyl (C=O) groups is 1. The summed E-state index contributed by atoms with van der Waals surface area (Å²) < 4.78 is 15.8. The summed E-state index contributed by atoms with van der Waals surface area (Å²) in [6.45, 7) is 0.135. The van der Waals surface area contributed by atoms with Crippen molar-refractivity contribution in [1.29, 1.82) is 0 Å². The summed E-state index contributed by atoms with van der Waals surface area (Å²) in [5.74, 6) is 1.03. The third kappa shape index (κ3) is 4.15. The Morgan fingerprint density at radius 2 is 1.69 bits per heavy atom. The molecule has 2 aromatic rings. The van der Waals surface area contributed by atoms with Gasteiger partial charge in [0.1, 0.15) is 5.75 Å². The molecule has 0 aliphatic heterocycles. The highest BCUT2D eigenvalue weighted by atomic mass is 35.5. The molecule has 0 heterocycles. The molecule has 0 radical (unpaired) electrons. The molecule has 1 N–H and O–H groups in total. The number of benzene rings is 2. The van der Waals surface area contributed by atoms with Crippen LogP contribution in [-0.2, 0) is 6.54 Å². The van der Waals surface area contributed by atoms with Gasteiger partial charge in [-0.1, -0.05) is 11.6 Å². The van der Waals surface area contributed by atoms with E-state index >= 15 is 0 Å². The van der Waals surface area contributed by atoms with Gasteiger partial charge in [0.05, 0.1) is 36.8 Å². The monoisotopic (exact) mass is 380 g/mol. The number of methoxy groups -OCH3 is 3. The van der Waals surface area contributed by atoms with Gasteiger partial charge in [0.25, 0.3) is 11.6 Å². The number of halogens is 1. The van der Waals surface area contributed by atoms with E-state index in [4.69, 9.17) is 25.8 Å². The summed E-state index contributed by atoms with van der Waals surface area (Å²) in [6, 6.07) is 7.00. The Hall–Kier alpha value is -3.00. The number of rotatable bonds is 7. The number of ether oxygens (including phenoxy) is 3. The number of carbonyl (C=O) groups excluding carboxylic acids is 1. The van der Waals surface area contributed by atoms with E-state index in [0.717, 1.165) is 6.07 Å². The predicted molar refractivity (Wildman–Crippen MR) is 95.4 cm³/mol. The molecule has 8 nitrogen and oxygen atoms in total. The van der Waals surface area contributed by atoms with Crippen molar-refractivity contribution in [2.45, 2.75) is 6.54 Å². The first-order valence-electron chi connectivity index (χ1n) is 7.42. The number of non-ortho nitro benzene ring substituents is 1. The Kier molecular flexibility index (Phi) is 6.24. The SMILES string of the molecule is COc1cc(OC)c(OC)cc1CNC(=O)c1ccc([N+](=O)[O-])cc1Cl. The molecule has 1 amide bonds. The van der Waals surface area contributed by atoms with E-state index in [1.807, 2.05) is 0 Å². The Labute approximate surface area is 154 Å². The molecule has 0 aromatic heterocycles. The molecule has 0 spiro atoms. The first-order valence-corrected chi connectivity index (χ1v) is 7.80. The molecule has 9 heteroatoms. The smallest absolute Gasteiger partial charge is 0.270 e. The fourth-order valence-electron chi connectivity index (χ4n) is 2.30. The molecule has 0 aliphatic rings. The molecule has 26 heavy (non-hydrogen) atoms. The average Bonchev–Trinajstić information content (AvgIpc) is 2.64. The van der Waals surface area contributed by atoms with Crippen LogP contribution in [0.2, 0.25) is 5.02 Å². The topological polar surface area (TPSA) is 99.9 Å². The van der Waals surface area contributed by atoms with Gasteiger partial charge in [-0.05, 0) is 12.1 Å². The van der Waals surface area contributed by atoms with Crippen LogP contribution in [0, 0.1) is 10.1 Å². The van der Waals surface area contributed by atoms with E-state index in [9.17, 15) is 14.9 Å². The van der Waals surface area contributed by atoms with Crippen LogP contribution in [-0.4, -0.2) is 32.2 Å². The van der Waals surface area contributed by atoms with Gasteiger partial charge in [-0.15, -0.1) is 0 Å². The number of nitrogens with zero attached hydrogens (tertiary/aromatic N) is 1. The van der Waals surface area contributed by atoms with Crippen molar-refractivity contribution in [3.63, 3.8) is 0 Å². The molecule has 2 rings (SSSR count). The van der Waals surface area contributed by atoms with Crippen molar-refractivity contribution in [3.8, 4) is 17.2 Å². The number of nitrogens with one attached hydrogen (secondary N) is 1. The average molecular weight is 381 g/mol. The molecule has 0 fully saturated rings. The summed E-state index contributed by atoms with van der Waals surface area (Å²) in [5, 5.41) is 13.4. The number of hydrogen-bond donors (Lipinski definition) is 1. The molecule has 138 valence electrons. The molecule has 0 saturated carbocycles. The van der Waals surface area contributed by atoms with E-state index in [-0.39, 0.29) is 22.8 Å². The van der Waals surface area contributed by atoms with E-state index in [1.165, 1.54) is 33.5 Å². The van der Waals surface area contributed by atoms with Gasteiger partial charge < -0.3 is 19.5 Å². The molecule has 0 atom stereocenters. The van der Waals surface area contributed by atoms with Gasteiger partial charge >= 0.3 is 0 Å². The van der Waals surface area contributed by atoms with E-state index in [0.29, 0.717) is 22.8 Å². The van der Waals surface area contributed by atoms with Crippen LogP contribution >= 0.6 is 11.6 Å². The van der Waals surface area contributed by atoms with Crippen LogP contribution in [0.25, 0.3) is 0 Å². The summed E-state index contributed by atoms with van der Waals surface area (Å²) in [5.41, 5.74) is 0.612. The van der Waals surface area contributed by atoms with Crippen LogP contribution in [0.5, 0.6) is 17.2 Å². The fraction of sp³-hybridized carbons (Fsp3) is 0.235. The standard InChI is InChI=1S/C17H17ClN2O6/c1-24-14-8-16(26-3)15(25-2)6-10(14)9-19-17(21)12-5-4-11(20(22)23)7-13(12)18/h4-8H,9H2,1-3H3,(H,19,21). The minimum absolute atomic E-state index is 0.00373. The summed E-state index contributed by atoms with van der Waals surface area (Å²) >= 11 is 5.97. The van der Waals surface area contributed by atoms with Gasteiger partial charge in [0.15, 0.2) is 11.5 Å². The molecule has 0 unspecified atom stereocenters. The largest absolute Gasteiger partial charge is 0.496 e. The van der Waals surface area contributed by atoms with E-state index in [2.05, 4.69) is 5.32 Å². The molecule has 0 saturated heterocycles. The van der Waals surface area contributed by atoms with E-state index < -0.39 is 10.8 Å². The van der Waals surface area contributed by atoms with E-state index in [1.54, 1.807) is 12.1 Å². The zero-order valence-electron chi connectivity index (χ0n) is 14.4. The lowest BCUT2D eigenvalue weighted by Crippen LogP contribution is -2.23. The molecule has 2 aromatic carbocycles. The zero-order chi connectivity index (χ0) is 19.3. The van der Waals surface area contributed by atoms with Crippen molar-refractivity contribution < 1.29 is 23.9 Å². The number of nitro groups is 1. The number of amides is 1. The Morgan fingerprint density at radius 1 is 1.08 bits per heavy atom. The normalized spacial score (nSPS) is 10.2. The van der Waals surface area contributed by atoms with Gasteiger partial charge in [0.2, 0.25) is 0 Å². The third-order valence-corrected chi connectivity index (χ3v) is 3.95. The highest BCUT2D eigenvalue weighted by molar-refractivity contribution is 6.34. The second-order valence-corrected chi connectivity index (χ2v) is 5.53. The molecular formula is C17H17ClN2O6. The van der Waals surface area contributed by atoms with Crippen LogP contribution in [0.3, 0.4) is 0 Å². The van der Waals surface area contributed by atoms with Crippen molar-refractivity contribution >= 4 is 23.2 Å². The predicted octanol–water partition coefficient (Wildman–Crippen LogP) is 3.20. The lowest BCUT2D eigenvalue weighted by Gasteiger charge is -2.14. The quantitative estimate of drug-likeness (QED) is 0.584. The summed E-state index contributed by atoms with van der Waals surface area (Å²) in [4.78, 5) is 22.5. The maximum Gasteiger partial charge on any atom is 0.270 e. The number of hydrogen-bond acceptors (Lipinski definition) is 6.